The molecule has 4 aliphatic carbocycles. The smallest absolute Gasteiger partial charge is 0.270 e. The van der Waals surface area contributed by atoms with Crippen LogP contribution in [-0.4, -0.2) is 5.78 Å². The molecule has 5 nitrogen and oxygen atoms in total. The summed E-state index contributed by atoms with van der Waals surface area (Å²) in [6.07, 6.45) is 49.9. The van der Waals surface area contributed by atoms with Crippen molar-refractivity contribution in [2.24, 2.45) is 0 Å². The number of hydrogen-bond donors (Lipinski definition) is 0. The topological polar surface area (TPSA) is 73.4 Å². The maximum absolute atomic E-state index is 15.6. The van der Waals surface area contributed by atoms with Gasteiger partial charge in [0.05, 0.1) is 46.2 Å². The van der Waals surface area contributed by atoms with Crippen LogP contribution in [0.2, 0.25) is 10.0 Å². The number of nitriles is 2. The molecule has 7 aromatic carbocycles. The van der Waals surface area contributed by atoms with Crippen LogP contribution < -0.4 is 0 Å². The number of halogens is 2. The Bertz CT molecular complexity index is 5280. The van der Waals surface area contributed by atoms with Crippen LogP contribution in [0.15, 0.2) is 156 Å². The quantitative estimate of drug-likeness (QED) is 0.0165. The lowest BCUT2D eigenvalue weighted by Crippen LogP contribution is -2.31. The van der Waals surface area contributed by atoms with Gasteiger partial charge in [0.2, 0.25) is 0 Å². The Balaban J connectivity index is 1.23. The van der Waals surface area contributed by atoms with E-state index < -0.39 is 10.8 Å². The summed E-state index contributed by atoms with van der Waals surface area (Å²) in [6, 6.07) is 58.2. The minimum atomic E-state index is -0.927. The van der Waals surface area contributed by atoms with Gasteiger partial charge in [-0.1, -0.05) is 330 Å². The zero-order valence-corrected chi connectivity index (χ0v) is 78.3. The molecule has 0 amide bonds. The number of nitrogens with zero attached hydrogens (tertiary/aromatic N) is 4. The molecule has 0 spiro atoms. The summed E-state index contributed by atoms with van der Waals surface area (Å²) in [6.45, 7) is 35.6. The van der Waals surface area contributed by atoms with E-state index >= 15 is 4.79 Å². The van der Waals surface area contributed by atoms with E-state index in [0.29, 0.717) is 28.7 Å². The van der Waals surface area contributed by atoms with E-state index in [4.69, 9.17) is 36.3 Å². The van der Waals surface area contributed by atoms with Gasteiger partial charge in [-0.3, -0.25) is 4.79 Å². The lowest BCUT2D eigenvalue weighted by atomic mass is 9.64. The minimum Gasteiger partial charge on any atom is -0.289 e. The molecule has 0 fully saturated rings. The van der Waals surface area contributed by atoms with Gasteiger partial charge in [-0.2, -0.15) is 0 Å². The summed E-state index contributed by atoms with van der Waals surface area (Å²) in [5.74, 6) is -0.290. The summed E-state index contributed by atoms with van der Waals surface area (Å²) in [5, 5.41) is 22.4. The van der Waals surface area contributed by atoms with E-state index in [9.17, 15) is 10.5 Å². The first kappa shape index (κ1) is 91.8. The Labute approximate surface area is 757 Å². The molecule has 123 heavy (non-hydrogen) atoms. The molecule has 0 aliphatic heterocycles. The maximum Gasteiger partial charge on any atom is 0.270 e. The van der Waals surface area contributed by atoms with Crippen LogP contribution in [0, 0.1) is 35.8 Å². The molecule has 0 bridgehead atoms. The van der Waals surface area contributed by atoms with Crippen molar-refractivity contribution in [1.82, 2.24) is 0 Å². The number of carbonyl (C=O) groups excluding carboxylic acids is 1. The zero-order valence-electron chi connectivity index (χ0n) is 75.1. The Morgan fingerprint density at radius 2 is 0.675 bits per heavy atom. The highest BCUT2D eigenvalue weighted by Gasteiger charge is 2.54. The Morgan fingerprint density at radius 3 is 0.992 bits per heavy atom. The molecule has 13 rings (SSSR count). The number of thiophene rings is 2. The van der Waals surface area contributed by atoms with E-state index in [2.05, 4.69) is 199 Å². The van der Waals surface area contributed by atoms with Gasteiger partial charge in [0.1, 0.15) is 0 Å². The fourth-order valence-electron chi connectivity index (χ4n) is 20.6. The minimum absolute atomic E-state index is 0.128. The van der Waals surface area contributed by atoms with Crippen molar-refractivity contribution in [2.75, 3.05) is 0 Å². The molecule has 638 valence electrons. The van der Waals surface area contributed by atoms with Crippen LogP contribution >= 0.6 is 45.9 Å². The average molecular weight is 1710 g/mol. The fourth-order valence-corrected chi connectivity index (χ4v) is 23.3. The second kappa shape index (κ2) is 44.3. The van der Waals surface area contributed by atoms with Gasteiger partial charge in [-0.25, -0.2) is 20.2 Å². The molecule has 2 aromatic heterocycles. The number of fused-ring (bicyclic) bond motifs is 8. The zero-order chi connectivity index (χ0) is 86.4. The predicted octanol–water partition coefficient (Wildman–Crippen LogP) is 34.1. The van der Waals surface area contributed by atoms with Crippen LogP contribution in [0.3, 0.4) is 0 Å². The lowest BCUT2D eigenvalue weighted by Gasteiger charge is -2.37. The van der Waals surface area contributed by atoms with Gasteiger partial charge in [-0.05, 0) is 280 Å². The Kier molecular flexibility index (Phi) is 33.1. The van der Waals surface area contributed by atoms with Crippen molar-refractivity contribution in [2.45, 2.75) is 329 Å². The number of allylic oxidation sites excluding steroid dienone is 6. The van der Waals surface area contributed by atoms with E-state index in [0.717, 1.165) is 191 Å². The summed E-state index contributed by atoms with van der Waals surface area (Å²) >= 11 is 17.4. The highest BCUT2D eigenvalue weighted by atomic mass is 35.5. The largest absolute Gasteiger partial charge is 0.289 e. The SMILES string of the molecule is [C-]#[N+]/C(C#N)=C1/C(=C/c2cc3c(s2)-c2cc4c(cc2C3(c2cc(CCCCCC)cc(CCCCCC)c2)c2cc(CCCCCC)cc(CCCCCC)c2)-c2sc(/C=C3\C(=O)c5cc(Cl)c(Cl)cc5\C3=C(/C#N)[N+]#[C-])cc2C4(c2cc(CCCCCC)cc(CCCCCC)c2)c2cc(CCCCCC)cc(CCCCCC)c2)Cc2ccccc21. The van der Waals surface area contributed by atoms with Crippen LogP contribution in [0.4, 0.5) is 0 Å². The van der Waals surface area contributed by atoms with Crippen molar-refractivity contribution in [1.29, 1.82) is 10.5 Å². The van der Waals surface area contributed by atoms with E-state index in [1.165, 1.54) is 208 Å². The van der Waals surface area contributed by atoms with Crippen LogP contribution in [0.5, 0.6) is 0 Å². The molecular formula is C114H130Cl2N4OS2. The molecule has 0 N–H and O–H groups in total. The predicted molar refractivity (Wildman–Crippen MR) is 525 cm³/mol. The van der Waals surface area contributed by atoms with E-state index in [1.807, 2.05) is 23.5 Å². The molecule has 0 saturated carbocycles. The standard InChI is InChI=1S/C114H130Cl2N4OS2/c1-11-19-27-35-45-78-55-79(46-36-28-20-12-2)60-88(59-78)113(89-61-80(47-37-29-21-13-3)56-81(62-89)48-38-30-22-14-4)100-73-98-101(72-97(100)111-102(113)70-92(122-111)68-87-67-86-53-43-44-54-94(86)108(87)106(76-117)119-9)114(90-63-82(49-39-31-23-15-5)57-83(64-90)50-40-32-24-16-6,91-65-84(51-41-33-25-17-7)58-85(66-91)52-42-34-26-18-8)103-71-93(123-112(98)103)69-99-109(107(77-118)120-10)95-74-104(115)105(116)75-96(95)110(99)121/h43-44,53-66,68-75H,11-42,45-52,67H2,1-8H3/b87-68+,99-69-,108-106-,109-107-. The molecule has 0 unspecified atom stereocenters. The summed E-state index contributed by atoms with van der Waals surface area (Å²) < 4.78 is 0. The Hall–Kier alpha value is -8.89. The molecular weight excluding hydrogens is 1580 g/mol. The molecule has 0 radical (unpaired) electrons. The summed E-state index contributed by atoms with van der Waals surface area (Å²) in [7, 11) is 0. The van der Waals surface area contributed by atoms with Crippen molar-refractivity contribution in [3.8, 4) is 33.0 Å². The fraction of sp³-hybridized carbons (Fsp3) is 0.447. The first-order valence-corrected chi connectivity index (χ1v) is 50.2. The molecule has 9 heteroatoms. The van der Waals surface area contributed by atoms with E-state index in [1.54, 1.807) is 23.5 Å². The van der Waals surface area contributed by atoms with Gasteiger partial charge in [0, 0.05) is 41.8 Å². The second-order valence-corrected chi connectivity index (χ2v) is 38.9. The van der Waals surface area contributed by atoms with Crippen LogP contribution in [-0.2, 0) is 68.6 Å². The molecule has 0 atom stereocenters. The van der Waals surface area contributed by atoms with Crippen LogP contribution in [0.1, 0.15) is 387 Å². The Morgan fingerprint density at radius 1 is 0.366 bits per heavy atom. The highest BCUT2D eigenvalue weighted by Crippen LogP contribution is 2.66. The molecule has 4 aliphatic rings. The number of Topliss-reactive ketones (excluding diaryl/α,β-unsaturated/α-hetero) is 1. The van der Waals surface area contributed by atoms with Gasteiger partial charge >= 0.3 is 0 Å². The molecule has 9 aromatic rings. The number of ketones is 1. The first-order valence-electron chi connectivity index (χ1n) is 47.8. The molecule has 2 heterocycles. The number of hydrogen-bond acceptors (Lipinski definition) is 5. The number of benzene rings is 7. The highest BCUT2D eigenvalue weighted by molar-refractivity contribution is 7.17. The first-order chi connectivity index (χ1) is 60.2. The number of carbonyl (C=O) groups is 1. The third kappa shape index (κ3) is 20.3. The third-order valence-corrected chi connectivity index (χ3v) is 29.8. The lowest BCUT2D eigenvalue weighted by molar-refractivity contribution is 0.104. The molecule has 0 saturated heterocycles. The second-order valence-electron chi connectivity index (χ2n) is 36.0. The maximum atomic E-state index is 15.6. The number of aryl methyl sites for hydroxylation is 8. The van der Waals surface area contributed by atoms with Crippen LogP contribution in [0.25, 0.3) is 53.9 Å². The van der Waals surface area contributed by atoms with Crippen molar-refractivity contribution < 1.29 is 4.79 Å². The average Bonchev–Trinajstić information content (AvgIpc) is 1.50. The number of unbranched alkanes of at least 4 members (excludes halogenated alkanes) is 24. The van der Waals surface area contributed by atoms with Crippen molar-refractivity contribution >= 4 is 75.0 Å². The van der Waals surface area contributed by atoms with Gasteiger partial charge in [0.15, 0.2) is 5.78 Å². The van der Waals surface area contributed by atoms with Gasteiger partial charge in [-0.15, -0.1) is 22.7 Å². The van der Waals surface area contributed by atoms with Gasteiger partial charge in [0.25, 0.3) is 11.4 Å². The summed E-state index contributed by atoms with van der Waals surface area (Å²) in [5.41, 5.74) is 27.1. The monoisotopic (exact) mass is 1700 g/mol. The van der Waals surface area contributed by atoms with Gasteiger partial charge < -0.3 is 0 Å². The third-order valence-electron chi connectivity index (χ3n) is 26.8. The van der Waals surface area contributed by atoms with E-state index in [-0.39, 0.29) is 27.2 Å². The summed E-state index contributed by atoms with van der Waals surface area (Å²) in [4.78, 5) is 27.8. The van der Waals surface area contributed by atoms with Crippen molar-refractivity contribution in [3.05, 3.63) is 310 Å². The normalized spacial score (nSPS) is 15.2. The van der Waals surface area contributed by atoms with Crippen molar-refractivity contribution in [3.63, 3.8) is 0 Å². The number of rotatable bonds is 46.